The van der Waals surface area contributed by atoms with Gasteiger partial charge in [0, 0.05) is 30.5 Å². The Morgan fingerprint density at radius 1 is 0.310 bits per heavy atom. The van der Waals surface area contributed by atoms with E-state index in [1.54, 1.807) is 37.3 Å². The van der Waals surface area contributed by atoms with Crippen molar-refractivity contribution in [3.8, 4) is 0 Å². The van der Waals surface area contributed by atoms with E-state index >= 15 is 0 Å². The Balaban J connectivity index is -0.000000291. The van der Waals surface area contributed by atoms with Crippen LogP contribution >= 0.6 is 0 Å². The molecule has 0 N–H and O–H groups in total. The fourth-order valence-corrected chi connectivity index (χ4v) is 2.98. The summed E-state index contributed by atoms with van der Waals surface area (Å²) in [5, 5.41) is 30.2. The lowest BCUT2D eigenvalue weighted by atomic mass is 10.2. The minimum Gasteiger partial charge on any atom is -0.258 e. The summed E-state index contributed by atoms with van der Waals surface area (Å²) < 4.78 is 0. The second kappa shape index (κ2) is 38.2. The number of nitrogens with zero attached hydrogens (tertiary/aromatic N) is 14. The van der Waals surface area contributed by atoms with Gasteiger partial charge in [-0.3, -0.25) is 9.97 Å². The number of aryl methyl sites for hydroxylation is 14. The lowest BCUT2D eigenvalue weighted by Crippen LogP contribution is -1.97. The van der Waals surface area contributed by atoms with Gasteiger partial charge in [-0.2, -0.15) is 30.6 Å². The number of hydrogen-bond acceptors (Lipinski definition) is 14. The monoisotopic (exact) mass is 799 g/mol. The molecule has 0 aliphatic heterocycles. The molecule has 0 bridgehead atoms. The van der Waals surface area contributed by atoms with Gasteiger partial charge in [0.15, 0.2) is 0 Å². The van der Waals surface area contributed by atoms with Crippen LogP contribution in [0.15, 0.2) is 49.6 Å². The summed E-state index contributed by atoms with van der Waals surface area (Å²) in [6, 6.07) is 1.95. The standard InChI is InChI=1S/2C6H9N3.4C6H8N2.4C2H6/c2*1-4-5(2)8-9-6(3)7-4;1-5-3-7-4-8-6(5)2;1-5-3-7-8-4-6(5)2;1-5-6(2)8-4-3-7-5;1-5-3-4-7-8-6(5)2;4*1-2/h2*1-3H3;4*3-4H,1-2H3;4*1-2H3. The molecule has 14 nitrogen and oxygen atoms in total. The second-order valence-electron chi connectivity index (χ2n) is 11.2. The summed E-state index contributed by atoms with van der Waals surface area (Å²) in [7, 11) is 0. The van der Waals surface area contributed by atoms with Gasteiger partial charge < -0.3 is 0 Å². The molecule has 6 aromatic heterocycles. The predicted octanol–water partition coefficient (Wildman–Crippen LogP) is 10.1. The number of rotatable bonds is 0. The van der Waals surface area contributed by atoms with Crippen LogP contribution in [0.1, 0.15) is 135 Å². The molecule has 6 aromatic rings. The van der Waals surface area contributed by atoms with Gasteiger partial charge in [-0.25, -0.2) is 19.9 Å². The molecule has 0 unspecified atom stereocenters. The zero-order chi connectivity index (χ0) is 45.6. The smallest absolute Gasteiger partial charge is 0.148 e. The van der Waals surface area contributed by atoms with Gasteiger partial charge in [0.2, 0.25) is 0 Å². The molecule has 0 aliphatic carbocycles. The van der Waals surface area contributed by atoms with Crippen molar-refractivity contribution in [2.75, 3.05) is 0 Å². The van der Waals surface area contributed by atoms with E-state index in [4.69, 9.17) is 0 Å². The Morgan fingerprint density at radius 3 is 0.966 bits per heavy atom. The maximum absolute atomic E-state index is 4.10. The SMILES string of the molecule is CC.CC.CC.CC.Cc1ccnnc1C.Cc1cncnc1C.Cc1cnncc1C.Cc1nccnc1C.Cc1nnc(C)c(C)n1.Cc1nnc(C)c(C)n1. The summed E-state index contributed by atoms with van der Waals surface area (Å²) in [6.07, 6.45) is 12.0. The Labute approximate surface area is 351 Å². The van der Waals surface area contributed by atoms with Crippen LogP contribution in [0.4, 0.5) is 0 Å². The average Bonchev–Trinajstić information content (AvgIpc) is 3.24. The third-order valence-corrected chi connectivity index (χ3v) is 7.04. The third kappa shape index (κ3) is 29.6. The van der Waals surface area contributed by atoms with Gasteiger partial charge >= 0.3 is 0 Å². The van der Waals surface area contributed by atoms with E-state index in [1.807, 2.05) is 165 Å². The first kappa shape index (κ1) is 59.0. The maximum Gasteiger partial charge on any atom is 0.148 e. The van der Waals surface area contributed by atoms with Crippen molar-refractivity contribution < 1.29 is 0 Å². The molecular formula is C44H74N14. The van der Waals surface area contributed by atoms with Crippen molar-refractivity contribution >= 4 is 0 Å². The molecule has 0 aliphatic rings. The Hall–Kier alpha value is -5.66. The Kier molecular flexibility index (Phi) is 38.9. The number of aromatic nitrogens is 14. The highest BCUT2D eigenvalue weighted by Gasteiger charge is 1.95. The van der Waals surface area contributed by atoms with Crippen LogP contribution in [0.2, 0.25) is 0 Å². The predicted molar refractivity (Wildman–Crippen MR) is 239 cm³/mol. The second-order valence-corrected chi connectivity index (χ2v) is 11.2. The van der Waals surface area contributed by atoms with Crippen LogP contribution < -0.4 is 0 Å². The summed E-state index contributed by atoms with van der Waals surface area (Å²) in [5.74, 6) is 1.47. The van der Waals surface area contributed by atoms with Gasteiger partial charge in [0.1, 0.15) is 18.0 Å². The lowest BCUT2D eigenvalue weighted by molar-refractivity contribution is 0.848. The fraction of sp³-hybridized carbons (Fsp3) is 0.500. The highest BCUT2D eigenvalue weighted by molar-refractivity contribution is 5.15. The molecule has 0 amide bonds. The topological polar surface area (TPSA) is 180 Å². The first-order valence-electron chi connectivity index (χ1n) is 19.9. The normalized spacial score (nSPS) is 8.52. The highest BCUT2D eigenvalue weighted by atomic mass is 15.2. The largest absolute Gasteiger partial charge is 0.258 e. The van der Waals surface area contributed by atoms with Crippen molar-refractivity contribution in [2.45, 2.75) is 152 Å². The van der Waals surface area contributed by atoms with Gasteiger partial charge in [-0.05, 0) is 125 Å². The first-order valence-corrected chi connectivity index (χ1v) is 19.9. The van der Waals surface area contributed by atoms with Crippen molar-refractivity contribution in [1.82, 2.24) is 70.7 Å². The minimum absolute atomic E-state index is 0.734. The zero-order valence-corrected chi connectivity index (χ0v) is 39.9. The molecular weight excluding hydrogens is 725 g/mol. The molecule has 0 atom stereocenters. The summed E-state index contributed by atoms with van der Waals surface area (Å²) in [4.78, 5) is 24.0. The molecule has 0 saturated carbocycles. The number of hydrogen-bond donors (Lipinski definition) is 0. The van der Waals surface area contributed by atoms with E-state index in [1.165, 1.54) is 16.7 Å². The van der Waals surface area contributed by atoms with E-state index < -0.39 is 0 Å². The van der Waals surface area contributed by atoms with E-state index in [0.717, 1.165) is 62.8 Å². The van der Waals surface area contributed by atoms with Crippen LogP contribution in [0, 0.1) is 96.9 Å². The van der Waals surface area contributed by atoms with Gasteiger partial charge in [0.25, 0.3) is 0 Å². The van der Waals surface area contributed by atoms with E-state index in [0.29, 0.717) is 0 Å². The van der Waals surface area contributed by atoms with Crippen molar-refractivity contribution in [3.05, 3.63) is 129 Å². The Morgan fingerprint density at radius 2 is 0.724 bits per heavy atom. The van der Waals surface area contributed by atoms with Crippen LogP contribution in [-0.4, -0.2) is 70.7 Å². The summed E-state index contributed by atoms with van der Waals surface area (Å²) in [5.41, 5.74) is 12.5. The van der Waals surface area contributed by atoms with Crippen molar-refractivity contribution in [3.63, 3.8) is 0 Å². The molecule has 0 radical (unpaired) electrons. The molecule has 0 spiro atoms. The van der Waals surface area contributed by atoms with E-state index in [9.17, 15) is 0 Å². The minimum atomic E-state index is 0.734. The molecule has 0 aromatic carbocycles. The quantitative estimate of drug-likeness (QED) is 0.142. The van der Waals surface area contributed by atoms with E-state index in [2.05, 4.69) is 70.7 Å². The molecule has 320 valence electrons. The molecule has 14 heteroatoms. The molecule has 6 rings (SSSR count). The molecule has 0 saturated heterocycles. The molecule has 6 heterocycles. The van der Waals surface area contributed by atoms with Crippen molar-refractivity contribution in [2.24, 2.45) is 0 Å². The third-order valence-electron chi connectivity index (χ3n) is 7.04. The maximum atomic E-state index is 4.10. The van der Waals surface area contributed by atoms with Crippen LogP contribution in [0.25, 0.3) is 0 Å². The van der Waals surface area contributed by atoms with Crippen LogP contribution in [-0.2, 0) is 0 Å². The van der Waals surface area contributed by atoms with Crippen molar-refractivity contribution in [1.29, 1.82) is 0 Å². The lowest BCUT2D eigenvalue weighted by Gasteiger charge is -1.94. The van der Waals surface area contributed by atoms with E-state index in [-0.39, 0.29) is 0 Å². The van der Waals surface area contributed by atoms with Gasteiger partial charge in [-0.15, -0.1) is 10.2 Å². The van der Waals surface area contributed by atoms with Crippen LogP contribution in [0.3, 0.4) is 0 Å². The summed E-state index contributed by atoms with van der Waals surface area (Å²) >= 11 is 0. The highest BCUT2D eigenvalue weighted by Crippen LogP contribution is 1.99. The summed E-state index contributed by atoms with van der Waals surface area (Å²) in [6.45, 7) is 43.2. The van der Waals surface area contributed by atoms with Crippen LogP contribution in [0.5, 0.6) is 0 Å². The van der Waals surface area contributed by atoms with Gasteiger partial charge in [0.05, 0.1) is 52.3 Å². The fourth-order valence-electron chi connectivity index (χ4n) is 2.98. The Bertz CT molecular complexity index is 1570. The average molecular weight is 799 g/mol. The van der Waals surface area contributed by atoms with Gasteiger partial charge in [-0.1, -0.05) is 55.4 Å². The first-order chi connectivity index (χ1) is 27.6. The zero-order valence-electron chi connectivity index (χ0n) is 39.9. The molecule has 0 fully saturated rings. The molecule has 58 heavy (non-hydrogen) atoms.